The molecule has 0 unspecified atom stereocenters. The maximum absolute atomic E-state index is 10.4. The van der Waals surface area contributed by atoms with Crippen molar-refractivity contribution < 1.29 is 0 Å². The maximum Gasteiger partial charge on any atom is 0.155 e. The second-order valence-electron chi connectivity index (χ2n) is 13.6. The summed E-state index contributed by atoms with van der Waals surface area (Å²) in [6.45, 7) is 3.99. The number of rotatable bonds is 11. The van der Waals surface area contributed by atoms with Gasteiger partial charge in [0, 0.05) is 28.5 Å². The second-order valence-corrected chi connectivity index (χ2v) is 14.4. The van der Waals surface area contributed by atoms with Crippen LogP contribution >= 0.6 is 23.2 Å². The Morgan fingerprint density at radius 2 is 1.27 bits per heavy atom. The molecule has 0 saturated carbocycles. The summed E-state index contributed by atoms with van der Waals surface area (Å²) in [6, 6.07) is 21.5. The zero-order chi connectivity index (χ0) is 41.5. The summed E-state index contributed by atoms with van der Waals surface area (Å²) in [5.74, 6) is 0.951. The van der Waals surface area contributed by atoms with Crippen LogP contribution in [0.15, 0.2) is 92.0 Å². The number of nitrogen functional groups attached to an aromatic ring is 1. The molecule has 7 heterocycles. The number of hydrogen-bond donors (Lipinski definition) is 4. The fourth-order valence-corrected chi connectivity index (χ4v) is 7.24. The number of benzene rings is 2. The van der Waals surface area contributed by atoms with Crippen LogP contribution in [0.2, 0.25) is 10.3 Å². The lowest BCUT2D eigenvalue weighted by molar-refractivity contribution is 0.667. The second kappa shape index (κ2) is 15.4. The van der Waals surface area contributed by atoms with Crippen molar-refractivity contribution in [1.82, 2.24) is 58.9 Å². The number of nitrogens with one attached hydrogen (secondary N) is 3. The number of nitrogens with zero attached hydrogens (tertiary/aromatic N) is 14. The number of nitrogens with two attached hydrogens (primary N) is 1. The Labute approximate surface area is 350 Å². The minimum atomic E-state index is -0.428. The molecule has 0 bridgehead atoms. The van der Waals surface area contributed by atoms with Gasteiger partial charge in [-0.25, -0.2) is 38.9 Å². The summed E-state index contributed by atoms with van der Waals surface area (Å²) >= 11 is 12.9. The van der Waals surface area contributed by atoms with Gasteiger partial charge in [-0.1, -0.05) is 59.6 Å². The highest BCUT2D eigenvalue weighted by molar-refractivity contribution is 6.30. The van der Waals surface area contributed by atoms with Gasteiger partial charge >= 0.3 is 0 Å². The summed E-state index contributed by atoms with van der Waals surface area (Å²) in [4.78, 5) is 25.8. The zero-order valence-electron chi connectivity index (χ0n) is 31.6. The maximum atomic E-state index is 10.4. The lowest BCUT2D eigenvalue weighted by Crippen LogP contribution is -2.15. The van der Waals surface area contributed by atoms with Crippen LogP contribution in [0.1, 0.15) is 48.2 Å². The molecule has 18 nitrogen and oxygen atoms in total. The van der Waals surface area contributed by atoms with Crippen LogP contribution in [0, 0.1) is 22.7 Å². The first kappa shape index (κ1) is 37.6. The van der Waals surface area contributed by atoms with Crippen molar-refractivity contribution in [2.75, 3.05) is 21.7 Å². The van der Waals surface area contributed by atoms with E-state index in [1.807, 2.05) is 44.2 Å². The quantitative estimate of drug-likeness (QED) is 0.102. The highest BCUT2D eigenvalue weighted by atomic mass is 35.5. The molecule has 0 spiro atoms. The summed E-state index contributed by atoms with van der Waals surface area (Å²) in [5, 5.41) is 47.1. The Balaban J connectivity index is 0.982. The molecular formula is C40H30Cl2N18. The predicted octanol–water partition coefficient (Wildman–Crippen LogP) is 7.08. The van der Waals surface area contributed by atoms with Gasteiger partial charge in [0.2, 0.25) is 0 Å². The molecule has 0 aliphatic carbocycles. The Morgan fingerprint density at radius 1 is 0.683 bits per heavy atom. The Bertz CT molecular complexity index is 3190. The predicted molar refractivity (Wildman–Crippen MR) is 226 cm³/mol. The first-order valence-electron chi connectivity index (χ1n) is 18.3. The smallest absolute Gasteiger partial charge is 0.155 e. The number of hydrogen-bond acceptors (Lipinski definition) is 15. The third kappa shape index (κ3) is 6.91. The molecule has 7 aromatic heterocycles. The van der Waals surface area contributed by atoms with Crippen molar-refractivity contribution in [2.45, 2.75) is 32.6 Å². The number of fused-ring (bicyclic) bond motifs is 3. The van der Waals surface area contributed by atoms with E-state index in [1.165, 1.54) is 23.4 Å². The topological polar surface area (TPSA) is 239 Å². The van der Waals surface area contributed by atoms with Crippen LogP contribution in [0.5, 0.6) is 0 Å². The molecule has 9 aromatic rings. The minimum absolute atomic E-state index is 0.0620. The summed E-state index contributed by atoms with van der Waals surface area (Å²) in [6.07, 6.45) is 9.18. The first-order chi connectivity index (χ1) is 29.2. The average Bonchev–Trinajstić information content (AvgIpc) is 4.00. The Hall–Kier alpha value is -7.93. The van der Waals surface area contributed by atoms with Gasteiger partial charge in [0.05, 0.1) is 42.1 Å². The number of aromatic nitrogens is 12. The lowest BCUT2D eigenvalue weighted by atomic mass is 9.99. The van der Waals surface area contributed by atoms with Gasteiger partial charge in [0.15, 0.2) is 27.4 Å². The lowest BCUT2D eigenvalue weighted by Gasteiger charge is -2.20. The number of imidazole rings is 2. The van der Waals surface area contributed by atoms with Gasteiger partial charge in [-0.05, 0) is 42.8 Å². The molecule has 60 heavy (non-hydrogen) atoms. The largest absolute Gasteiger partial charge is 0.382 e. The van der Waals surface area contributed by atoms with E-state index < -0.39 is 6.04 Å². The van der Waals surface area contributed by atoms with E-state index in [2.05, 4.69) is 87.4 Å². The highest BCUT2D eigenvalue weighted by Gasteiger charge is 2.23. The molecule has 2 aromatic carbocycles. The molecule has 0 saturated heterocycles. The molecule has 0 amide bonds. The fourth-order valence-electron chi connectivity index (χ4n) is 6.89. The van der Waals surface area contributed by atoms with E-state index >= 15 is 0 Å². The molecule has 20 heteroatoms. The Kier molecular flexibility index (Phi) is 9.68. The van der Waals surface area contributed by atoms with Crippen molar-refractivity contribution in [3.8, 4) is 34.7 Å². The van der Waals surface area contributed by atoms with Crippen LogP contribution in [0.25, 0.3) is 44.6 Å². The highest BCUT2D eigenvalue weighted by Crippen LogP contribution is 2.34. The normalized spacial score (nSPS) is 12.3. The average molecular weight is 834 g/mol. The van der Waals surface area contributed by atoms with Gasteiger partial charge in [-0.3, -0.25) is 4.68 Å². The van der Waals surface area contributed by atoms with Crippen molar-refractivity contribution in [1.29, 1.82) is 10.5 Å². The number of halogens is 2. The van der Waals surface area contributed by atoms with E-state index in [0.717, 1.165) is 27.5 Å². The molecule has 0 aliphatic rings. The molecule has 0 aliphatic heterocycles. The van der Waals surface area contributed by atoms with E-state index in [1.54, 1.807) is 27.8 Å². The third-order valence-electron chi connectivity index (χ3n) is 9.89. The van der Waals surface area contributed by atoms with Crippen molar-refractivity contribution in [3.63, 3.8) is 0 Å². The van der Waals surface area contributed by atoms with Gasteiger partial charge in [0.25, 0.3) is 0 Å². The fraction of sp³-hybridized carbons (Fsp3) is 0.125. The summed E-state index contributed by atoms with van der Waals surface area (Å²) < 4.78 is 4.76. The molecule has 2 atom stereocenters. The summed E-state index contributed by atoms with van der Waals surface area (Å²) in [5.41, 5.74) is 11.7. The molecule has 294 valence electrons. The monoisotopic (exact) mass is 832 g/mol. The van der Waals surface area contributed by atoms with Gasteiger partial charge in [0.1, 0.15) is 60.0 Å². The summed E-state index contributed by atoms with van der Waals surface area (Å²) in [7, 11) is 0. The number of nitriles is 2. The van der Waals surface area contributed by atoms with Gasteiger partial charge < -0.3 is 21.7 Å². The van der Waals surface area contributed by atoms with Gasteiger partial charge in [-0.2, -0.15) is 25.8 Å². The van der Waals surface area contributed by atoms with Crippen molar-refractivity contribution in [2.24, 2.45) is 0 Å². The zero-order valence-corrected chi connectivity index (χ0v) is 33.1. The SMILES string of the molecule is C[C@H](Nc1ncnc(N)c1C#N)c1cc2ncc(Cl)n2nc1-c1cnn(CNc2ncnc(N[C@@H](C)c3cc4ncc(Cl)n4nc3-c3ccc4ccccc4c3)c2C#N)c1. The van der Waals surface area contributed by atoms with Crippen molar-refractivity contribution >= 4 is 68.5 Å². The van der Waals surface area contributed by atoms with Gasteiger partial charge in [-0.15, -0.1) is 0 Å². The van der Waals surface area contributed by atoms with E-state index in [0.29, 0.717) is 50.2 Å². The standard InChI is InChI=1S/C40H30Cl2N18/c1-21(27-10-33-46-15-31(41)59(33)56-35(27)25-8-7-23-5-3-4-6-24(23)9-25)55-40-30(13-44)38(49-19-51-40)52-20-58-17-26(14-53-58)36-28(11-34-47-16-32(42)60(34)57-36)22(2)54-39-29(12-43)37(45)48-18-50-39/h3-11,14-19,21-22H,20H2,1-2H3,(H3,45,48,50,54)(H2,49,51,52,55)/t21-,22-/m0/s1. The number of anilines is 4. The van der Waals surface area contributed by atoms with E-state index in [9.17, 15) is 10.5 Å². The van der Waals surface area contributed by atoms with Crippen LogP contribution in [0.3, 0.4) is 0 Å². The van der Waals surface area contributed by atoms with E-state index in [-0.39, 0.29) is 35.5 Å². The molecule has 5 N–H and O–H groups in total. The molecule has 9 rings (SSSR count). The third-order valence-corrected chi connectivity index (χ3v) is 10.4. The Morgan fingerprint density at radius 3 is 1.92 bits per heavy atom. The molecular weight excluding hydrogens is 803 g/mol. The van der Waals surface area contributed by atoms with Crippen LogP contribution in [-0.2, 0) is 6.67 Å². The van der Waals surface area contributed by atoms with Crippen molar-refractivity contribution in [3.05, 3.63) is 125 Å². The first-order valence-corrected chi connectivity index (χ1v) is 19.1. The minimum Gasteiger partial charge on any atom is -0.382 e. The van der Waals surface area contributed by atoms with E-state index in [4.69, 9.17) is 39.1 Å². The molecule has 0 radical (unpaired) electrons. The molecule has 0 fully saturated rings. The van der Waals surface area contributed by atoms with Crippen LogP contribution in [0.4, 0.5) is 23.3 Å². The van der Waals surface area contributed by atoms with Crippen LogP contribution in [-0.4, -0.2) is 58.9 Å². The van der Waals surface area contributed by atoms with Crippen LogP contribution < -0.4 is 21.7 Å².